The van der Waals surface area contributed by atoms with E-state index >= 15 is 0 Å². The van der Waals surface area contributed by atoms with Gasteiger partial charge in [-0.25, -0.2) is 4.98 Å². The molecular formula is C17H15N3O2S. The first-order valence-corrected chi connectivity index (χ1v) is 7.99. The maximum absolute atomic E-state index is 12.1. The molecule has 0 aliphatic rings. The maximum atomic E-state index is 12.1. The number of nitrogens with one attached hydrogen (secondary N) is 2. The number of thiazole rings is 1. The van der Waals surface area contributed by atoms with Crippen molar-refractivity contribution < 1.29 is 4.79 Å². The zero-order valence-electron chi connectivity index (χ0n) is 12.5. The first-order chi connectivity index (χ1) is 11.1. The van der Waals surface area contributed by atoms with Crippen molar-refractivity contribution in [2.75, 3.05) is 0 Å². The summed E-state index contributed by atoms with van der Waals surface area (Å²) >= 11 is 1.48. The second kappa shape index (κ2) is 6.58. The van der Waals surface area contributed by atoms with E-state index in [1.807, 2.05) is 35.7 Å². The number of nitrogens with zero attached hydrogens (tertiary/aromatic N) is 1. The summed E-state index contributed by atoms with van der Waals surface area (Å²) in [5, 5.41) is 5.48. The van der Waals surface area contributed by atoms with Crippen LogP contribution in [0.25, 0.3) is 11.3 Å². The Morgan fingerprint density at radius 2 is 2.00 bits per heavy atom. The molecule has 0 saturated heterocycles. The van der Waals surface area contributed by atoms with Gasteiger partial charge in [0.15, 0.2) is 0 Å². The average molecular weight is 325 g/mol. The minimum absolute atomic E-state index is 0.107. The van der Waals surface area contributed by atoms with Crippen LogP contribution in [0.5, 0.6) is 0 Å². The van der Waals surface area contributed by atoms with E-state index < -0.39 is 5.91 Å². The van der Waals surface area contributed by atoms with Gasteiger partial charge in [0.2, 0.25) is 0 Å². The molecular weight excluding hydrogens is 310 g/mol. The number of hydrogen-bond acceptors (Lipinski definition) is 4. The van der Waals surface area contributed by atoms with Crippen LogP contribution in [0, 0.1) is 6.92 Å². The lowest BCUT2D eigenvalue weighted by Crippen LogP contribution is -2.29. The van der Waals surface area contributed by atoms with Gasteiger partial charge < -0.3 is 10.3 Å². The number of aryl methyl sites for hydroxylation is 1. The summed E-state index contributed by atoms with van der Waals surface area (Å²) in [5.41, 5.74) is 2.37. The van der Waals surface area contributed by atoms with Crippen molar-refractivity contribution in [1.82, 2.24) is 15.3 Å². The van der Waals surface area contributed by atoms with Gasteiger partial charge >= 0.3 is 0 Å². The zero-order valence-corrected chi connectivity index (χ0v) is 13.3. The molecule has 0 bridgehead atoms. The molecule has 2 heterocycles. The van der Waals surface area contributed by atoms with Crippen molar-refractivity contribution >= 4 is 17.2 Å². The van der Waals surface area contributed by atoms with Crippen LogP contribution >= 0.6 is 11.3 Å². The van der Waals surface area contributed by atoms with Crippen molar-refractivity contribution in [1.29, 1.82) is 0 Å². The summed E-state index contributed by atoms with van der Waals surface area (Å²) in [5.74, 6) is -0.400. The van der Waals surface area contributed by atoms with Crippen LogP contribution in [0.15, 0.2) is 52.6 Å². The quantitative estimate of drug-likeness (QED) is 0.774. The Morgan fingerprint density at radius 1 is 1.22 bits per heavy atom. The number of rotatable bonds is 4. The number of hydrogen-bond donors (Lipinski definition) is 2. The lowest BCUT2D eigenvalue weighted by Gasteiger charge is -2.03. The molecule has 1 amide bonds. The smallest absolute Gasteiger partial charge is 0.260 e. The van der Waals surface area contributed by atoms with Crippen LogP contribution in [-0.4, -0.2) is 15.9 Å². The van der Waals surface area contributed by atoms with Crippen LogP contribution in [0.3, 0.4) is 0 Å². The largest absolute Gasteiger partial charge is 0.345 e. The van der Waals surface area contributed by atoms with Crippen molar-refractivity contribution in [3.8, 4) is 11.3 Å². The summed E-state index contributed by atoms with van der Waals surface area (Å²) < 4.78 is 0. The average Bonchev–Trinajstić information content (AvgIpc) is 3.02. The minimum Gasteiger partial charge on any atom is -0.345 e. The Hall–Kier alpha value is -2.73. The maximum Gasteiger partial charge on any atom is 0.260 e. The molecule has 116 valence electrons. The molecule has 2 N–H and O–H groups in total. The lowest BCUT2D eigenvalue weighted by molar-refractivity contribution is 0.0949. The third kappa shape index (κ3) is 3.54. The van der Waals surface area contributed by atoms with Crippen molar-refractivity contribution in [3.05, 3.63) is 74.5 Å². The predicted molar refractivity (Wildman–Crippen MR) is 90.5 cm³/mol. The molecule has 1 aromatic carbocycles. The van der Waals surface area contributed by atoms with E-state index in [1.54, 1.807) is 13.0 Å². The van der Waals surface area contributed by atoms with E-state index in [9.17, 15) is 9.59 Å². The molecule has 0 aliphatic carbocycles. The van der Waals surface area contributed by atoms with Gasteiger partial charge in [-0.3, -0.25) is 9.59 Å². The Balaban J connectivity index is 1.68. The SMILES string of the molecule is Cc1ccc(C(=O)NCc2nc(-c3ccccc3)cs2)c(=O)[nH]1. The van der Waals surface area contributed by atoms with Crippen LogP contribution in [-0.2, 0) is 6.54 Å². The van der Waals surface area contributed by atoms with Crippen LogP contribution < -0.4 is 10.9 Å². The highest BCUT2D eigenvalue weighted by molar-refractivity contribution is 7.09. The number of pyridine rings is 1. The van der Waals surface area contributed by atoms with Crippen LogP contribution in [0.4, 0.5) is 0 Å². The van der Waals surface area contributed by atoms with Gasteiger partial charge in [0, 0.05) is 16.6 Å². The lowest BCUT2D eigenvalue weighted by atomic mass is 10.2. The first kappa shape index (κ1) is 15.2. The van der Waals surface area contributed by atoms with Crippen LogP contribution in [0.1, 0.15) is 21.1 Å². The van der Waals surface area contributed by atoms with Gasteiger partial charge in [-0.2, -0.15) is 0 Å². The molecule has 0 unspecified atom stereocenters. The number of amides is 1. The number of carbonyl (C=O) groups excluding carboxylic acids is 1. The topological polar surface area (TPSA) is 74.8 Å². The molecule has 0 aliphatic heterocycles. The molecule has 6 heteroatoms. The van der Waals surface area contributed by atoms with E-state index in [0.29, 0.717) is 6.54 Å². The summed E-state index contributed by atoms with van der Waals surface area (Å²) in [6, 6.07) is 13.1. The fourth-order valence-electron chi connectivity index (χ4n) is 2.14. The number of H-pyrrole nitrogens is 1. The normalized spacial score (nSPS) is 10.5. The van der Waals surface area contributed by atoms with E-state index in [4.69, 9.17) is 0 Å². The molecule has 0 atom stereocenters. The molecule has 2 aromatic heterocycles. The second-order valence-corrected chi connectivity index (χ2v) is 6.00. The summed E-state index contributed by atoms with van der Waals surface area (Å²) in [6.45, 7) is 2.06. The highest BCUT2D eigenvalue weighted by Gasteiger charge is 2.11. The van der Waals surface area contributed by atoms with Crippen LogP contribution in [0.2, 0.25) is 0 Å². The molecule has 3 rings (SSSR count). The highest BCUT2D eigenvalue weighted by atomic mass is 32.1. The van der Waals surface area contributed by atoms with Crippen molar-refractivity contribution in [3.63, 3.8) is 0 Å². The van der Waals surface area contributed by atoms with E-state index in [0.717, 1.165) is 22.0 Å². The van der Waals surface area contributed by atoms with E-state index in [1.165, 1.54) is 17.4 Å². The number of benzene rings is 1. The molecule has 0 radical (unpaired) electrons. The highest BCUT2D eigenvalue weighted by Crippen LogP contribution is 2.21. The van der Waals surface area contributed by atoms with E-state index in [2.05, 4.69) is 15.3 Å². The van der Waals surface area contributed by atoms with Gasteiger partial charge in [0.1, 0.15) is 10.6 Å². The molecule has 3 aromatic rings. The number of aromatic nitrogens is 2. The molecule has 23 heavy (non-hydrogen) atoms. The zero-order chi connectivity index (χ0) is 16.2. The van der Waals surface area contributed by atoms with Gasteiger partial charge in [-0.1, -0.05) is 30.3 Å². The van der Waals surface area contributed by atoms with Crippen molar-refractivity contribution in [2.24, 2.45) is 0 Å². The fourth-order valence-corrected chi connectivity index (χ4v) is 2.88. The van der Waals surface area contributed by atoms with Gasteiger partial charge in [0.05, 0.1) is 12.2 Å². The molecule has 0 fully saturated rings. The summed E-state index contributed by atoms with van der Waals surface area (Å²) in [6.07, 6.45) is 0. The summed E-state index contributed by atoms with van der Waals surface area (Å²) in [7, 11) is 0. The molecule has 0 saturated carbocycles. The Labute approximate surface area is 137 Å². The molecule has 5 nitrogen and oxygen atoms in total. The molecule has 0 spiro atoms. The van der Waals surface area contributed by atoms with Crippen molar-refractivity contribution in [2.45, 2.75) is 13.5 Å². The minimum atomic E-state index is -0.400. The second-order valence-electron chi connectivity index (χ2n) is 5.06. The third-order valence-electron chi connectivity index (χ3n) is 3.32. The van der Waals surface area contributed by atoms with Gasteiger partial charge in [0.25, 0.3) is 11.5 Å². The standard InChI is InChI=1S/C17H15N3O2S/c1-11-7-8-13(17(22)19-11)16(21)18-9-15-20-14(10-23-15)12-5-3-2-4-6-12/h2-8,10H,9H2,1H3,(H,18,21)(H,19,22). The third-order valence-corrected chi connectivity index (χ3v) is 4.17. The van der Waals surface area contributed by atoms with Gasteiger partial charge in [-0.05, 0) is 19.1 Å². The Bertz CT molecular complexity index is 884. The predicted octanol–water partition coefficient (Wildman–Crippen LogP) is 2.74. The first-order valence-electron chi connectivity index (χ1n) is 7.11. The summed E-state index contributed by atoms with van der Waals surface area (Å²) in [4.78, 5) is 30.9. The number of aromatic amines is 1. The Kier molecular flexibility index (Phi) is 4.34. The fraction of sp³-hybridized carbons (Fsp3) is 0.118. The van der Waals surface area contributed by atoms with E-state index in [-0.39, 0.29) is 11.1 Å². The number of carbonyl (C=O) groups is 1. The monoisotopic (exact) mass is 325 g/mol. The Morgan fingerprint density at radius 3 is 2.74 bits per heavy atom. The van der Waals surface area contributed by atoms with Gasteiger partial charge in [-0.15, -0.1) is 11.3 Å².